The minimum absolute atomic E-state index is 0.283. The number of unbranched alkanes of at least 4 members (excludes halogenated alkanes) is 3. The Hall–Kier alpha value is -1.12. The lowest BCUT2D eigenvalue weighted by Crippen LogP contribution is -2.51. The van der Waals surface area contributed by atoms with Crippen LogP contribution in [0.1, 0.15) is 64.7 Å². The molecular formula is C17H27NO4. The van der Waals surface area contributed by atoms with E-state index in [4.69, 9.17) is 14.6 Å². The Morgan fingerprint density at radius 2 is 1.86 bits per heavy atom. The van der Waals surface area contributed by atoms with Crippen molar-refractivity contribution in [2.24, 2.45) is 11.3 Å². The third-order valence-corrected chi connectivity index (χ3v) is 5.07. The second-order valence-electron chi connectivity index (χ2n) is 6.80. The average Bonchev–Trinajstić information content (AvgIpc) is 2.54. The zero-order chi connectivity index (χ0) is 16.1. The second kappa shape index (κ2) is 7.43. The van der Waals surface area contributed by atoms with E-state index in [1.165, 1.54) is 12.8 Å². The van der Waals surface area contributed by atoms with E-state index in [-0.39, 0.29) is 5.92 Å². The lowest BCUT2D eigenvalue weighted by atomic mass is 9.81. The predicted octanol–water partition coefficient (Wildman–Crippen LogP) is 3.48. The van der Waals surface area contributed by atoms with Crippen LogP contribution in [0, 0.1) is 22.7 Å². The van der Waals surface area contributed by atoms with Crippen LogP contribution in [0.2, 0.25) is 0 Å². The van der Waals surface area contributed by atoms with Crippen molar-refractivity contribution >= 4 is 5.97 Å². The van der Waals surface area contributed by atoms with Gasteiger partial charge in [0.1, 0.15) is 5.41 Å². The van der Waals surface area contributed by atoms with Gasteiger partial charge in [-0.1, -0.05) is 32.6 Å². The molecule has 0 amide bonds. The average molecular weight is 309 g/mol. The summed E-state index contributed by atoms with van der Waals surface area (Å²) in [5, 5.41) is 18.6. The molecule has 0 aromatic carbocycles. The molecule has 0 atom stereocenters. The van der Waals surface area contributed by atoms with Crippen molar-refractivity contribution < 1.29 is 19.4 Å². The van der Waals surface area contributed by atoms with Crippen molar-refractivity contribution in [3.05, 3.63) is 0 Å². The van der Waals surface area contributed by atoms with Crippen LogP contribution >= 0.6 is 0 Å². The largest absolute Gasteiger partial charge is 0.481 e. The Morgan fingerprint density at radius 1 is 1.23 bits per heavy atom. The van der Waals surface area contributed by atoms with E-state index in [0.29, 0.717) is 38.9 Å². The Kier molecular flexibility index (Phi) is 5.82. The number of aliphatic carboxylic acids is 1. The summed E-state index contributed by atoms with van der Waals surface area (Å²) in [7, 11) is 0. The van der Waals surface area contributed by atoms with Crippen LogP contribution in [0.4, 0.5) is 0 Å². The summed E-state index contributed by atoms with van der Waals surface area (Å²) in [6.07, 6.45) is 7.77. The van der Waals surface area contributed by atoms with E-state index in [1.807, 2.05) is 0 Å². The van der Waals surface area contributed by atoms with Crippen LogP contribution < -0.4 is 0 Å². The number of ether oxygens (including phenoxy) is 2. The van der Waals surface area contributed by atoms with Crippen molar-refractivity contribution in [3.8, 4) is 6.07 Å². The third kappa shape index (κ3) is 3.99. The van der Waals surface area contributed by atoms with Crippen molar-refractivity contribution in [2.45, 2.75) is 70.5 Å². The molecule has 1 aliphatic heterocycles. The minimum atomic E-state index is -0.729. The smallest absolute Gasteiger partial charge is 0.306 e. The molecule has 5 heteroatoms. The summed E-state index contributed by atoms with van der Waals surface area (Å²) >= 11 is 0. The number of carboxylic acid groups (broad SMARTS) is 1. The van der Waals surface area contributed by atoms with Gasteiger partial charge in [0.2, 0.25) is 0 Å². The van der Waals surface area contributed by atoms with Gasteiger partial charge in [0.15, 0.2) is 5.79 Å². The Balaban J connectivity index is 1.83. The molecule has 0 unspecified atom stereocenters. The first kappa shape index (κ1) is 17.2. The van der Waals surface area contributed by atoms with Gasteiger partial charge in [-0.3, -0.25) is 4.79 Å². The number of hydrogen-bond acceptors (Lipinski definition) is 4. The first-order chi connectivity index (χ1) is 10.5. The molecule has 0 bridgehead atoms. The van der Waals surface area contributed by atoms with Gasteiger partial charge in [-0.25, -0.2) is 0 Å². The van der Waals surface area contributed by atoms with Gasteiger partial charge in [-0.2, -0.15) is 5.26 Å². The quantitative estimate of drug-likeness (QED) is 0.760. The molecule has 0 radical (unpaired) electrons. The molecule has 2 fully saturated rings. The number of hydrogen-bond donors (Lipinski definition) is 1. The van der Waals surface area contributed by atoms with Gasteiger partial charge in [0.05, 0.1) is 25.2 Å². The fraction of sp³-hybridized carbons (Fsp3) is 0.882. The highest BCUT2D eigenvalue weighted by atomic mass is 16.7. The second-order valence-corrected chi connectivity index (χ2v) is 6.80. The molecule has 2 rings (SSSR count). The minimum Gasteiger partial charge on any atom is -0.481 e. The standard InChI is InChI=1S/C17H27NO4/c1-2-3-4-5-8-16(11-18)12-21-17(22-13-16)9-6-14(7-10-17)15(19)20/h14H,2-10,12-13H2,1H3,(H,19,20). The number of carbonyl (C=O) groups is 1. The van der Waals surface area contributed by atoms with E-state index in [1.54, 1.807) is 0 Å². The molecule has 2 aliphatic rings. The molecule has 5 nitrogen and oxygen atoms in total. The first-order valence-corrected chi connectivity index (χ1v) is 8.47. The molecule has 1 saturated heterocycles. The van der Waals surface area contributed by atoms with Gasteiger partial charge in [-0.15, -0.1) is 0 Å². The van der Waals surface area contributed by atoms with Crippen LogP contribution in [0.25, 0.3) is 0 Å². The highest BCUT2D eigenvalue weighted by Gasteiger charge is 2.47. The fourth-order valence-electron chi connectivity index (χ4n) is 3.37. The summed E-state index contributed by atoms with van der Waals surface area (Å²) in [5.74, 6) is -1.65. The van der Waals surface area contributed by atoms with Crippen molar-refractivity contribution in [1.82, 2.24) is 0 Å². The molecular weight excluding hydrogens is 282 g/mol. The number of rotatable bonds is 6. The third-order valence-electron chi connectivity index (χ3n) is 5.07. The van der Waals surface area contributed by atoms with E-state index in [9.17, 15) is 10.1 Å². The van der Waals surface area contributed by atoms with Crippen molar-refractivity contribution in [1.29, 1.82) is 5.26 Å². The molecule has 0 aromatic rings. The summed E-state index contributed by atoms with van der Waals surface area (Å²) in [4.78, 5) is 11.0. The van der Waals surface area contributed by atoms with Crippen LogP contribution in [0.5, 0.6) is 0 Å². The van der Waals surface area contributed by atoms with E-state index in [0.717, 1.165) is 19.3 Å². The lowest BCUT2D eigenvalue weighted by molar-refractivity contribution is -0.309. The first-order valence-electron chi connectivity index (χ1n) is 8.47. The Labute approximate surface area is 132 Å². The van der Waals surface area contributed by atoms with Crippen LogP contribution in [-0.2, 0) is 14.3 Å². The fourth-order valence-corrected chi connectivity index (χ4v) is 3.37. The monoisotopic (exact) mass is 309 g/mol. The Bertz CT molecular complexity index is 411. The van der Waals surface area contributed by atoms with Crippen molar-refractivity contribution in [2.75, 3.05) is 13.2 Å². The molecule has 0 aromatic heterocycles. The molecule has 1 spiro atoms. The number of carboxylic acids is 1. The molecule has 1 saturated carbocycles. The maximum Gasteiger partial charge on any atom is 0.306 e. The maximum atomic E-state index is 11.0. The van der Waals surface area contributed by atoms with Gasteiger partial charge in [-0.05, 0) is 19.3 Å². The zero-order valence-electron chi connectivity index (χ0n) is 13.5. The molecule has 1 aliphatic carbocycles. The zero-order valence-corrected chi connectivity index (χ0v) is 13.5. The topological polar surface area (TPSA) is 79.5 Å². The molecule has 1 N–H and O–H groups in total. The predicted molar refractivity (Wildman–Crippen MR) is 81.0 cm³/mol. The summed E-state index contributed by atoms with van der Waals surface area (Å²) in [5.41, 5.74) is -0.525. The van der Waals surface area contributed by atoms with Crippen LogP contribution in [0.3, 0.4) is 0 Å². The van der Waals surface area contributed by atoms with Crippen molar-refractivity contribution in [3.63, 3.8) is 0 Å². The van der Waals surface area contributed by atoms with Gasteiger partial charge in [0.25, 0.3) is 0 Å². The Morgan fingerprint density at radius 3 is 2.36 bits per heavy atom. The highest BCUT2D eigenvalue weighted by Crippen LogP contribution is 2.42. The highest BCUT2D eigenvalue weighted by molar-refractivity contribution is 5.70. The van der Waals surface area contributed by atoms with Crippen LogP contribution in [0.15, 0.2) is 0 Å². The number of nitriles is 1. The summed E-state index contributed by atoms with van der Waals surface area (Å²) in [6, 6.07) is 2.40. The summed E-state index contributed by atoms with van der Waals surface area (Å²) < 4.78 is 11.9. The van der Waals surface area contributed by atoms with E-state index < -0.39 is 17.2 Å². The normalized spacial score (nSPS) is 35.2. The van der Waals surface area contributed by atoms with Gasteiger partial charge >= 0.3 is 5.97 Å². The van der Waals surface area contributed by atoms with Gasteiger partial charge < -0.3 is 14.6 Å². The van der Waals surface area contributed by atoms with E-state index in [2.05, 4.69) is 13.0 Å². The molecule has 22 heavy (non-hydrogen) atoms. The van der Waals surface area contributed by atoms with Gasteiger partial charge in [0, 0.05) is 12.8 Å². The summed E-state index contributed by atoms with van der Waals surface area (Å²) in [6.45, 7) is 2.99. The SMILES string of the molecule is CCCCCCC1(C#N)COC2(CCC(C(=O)O)CC2)OC1. The van der Waals surface area contributed by atoms with E-state index >= 15 is 0 Å². The number of nitrogens with zero attached hydrogens (tertiary/aromatic N) is 1. The maximum absolute atomic E-state index is 11.0. The molecule has 1 heterocycles. The lowest BCUT2D eigenvalue weighted by Gasteiger charge is -2.46. The van der Waals surface area contributed by atoms with Crippen LogP contribution in [-0.4, -0.2) is 30.1 Å². The molecule has 124 valence electrons.